The second-order valence-electron chi connectivity index (χ2n) is 7.56. The predicted molar refractivity (Wildman–Crippen MR) is 123 cm³/mol. The van der Waals surface area contributed by atoms with Crippen molar-refractivity contribution in [3.05, 3.63) is 47.3 Å². The first kappa shape index (κ1) is 24.2. The minimum absolute atomic E-state index is 0.190. The Balaban J connectivity index is 1.45. The maximum absolute atomic E-state index is 12.9. The molecule has 0 radical (unpaired) electrons. The summed E-state index contributed by atoms with van der Waals surface area (Å²) in [4.78, 5) is 24.2. The number of carbonyl (C=O) groups excluding carboxylic acids is 2. The van der Waals surface area contributed by atoms with Crippen LogP contribution >= 0.6 is 11.3 Å². The fraction of sp³-hybridized carbons (Fsp3) is 0.455. The number of sulfonamides is 1. The van der Waals surface area contributed by atoms with Crippen LogP contribution in [0.3, 0.4) is 0 Å². The molecule has 1 fully saturated rings. The van der Waals surface area contributed by atoms with Crippen LogP contribution < -0.4 is 15.4 Å². The Bertz CT molecular complexity index is 1010. The highest BCUT2D eigenvalue weighted by Crippen LogP contribution is 2.29. The Hall–Kier alpha value is -2.43. The van der Waals surface area contributed by atoms with Gasteiger partial charge in [0.1, 0.15) is 9.96 Å². The molecule has 8 nitrogen and oxygen atoms in total. The van der Waals surface area contributed by atoms with Crippen LogP contribution in [-0.4, -0.2) is 57.3 Å². The van der Waals surface area contributed by atoms with Crippen LogP contribution in [0.15, 0.2) is 46.0 Å². The van der Waals surface area contributed by atoms with Crippen molar-refractivity contribution < 1.29 is 22.7 Å². The molecule has 2 N–H and O–H groups in total. The van der Waals surface area contributed by atoms with Gasteiger partial charge in [0, 0.05) is 25.7 Å². The normalized spacial score (nSPS) is 17.0. The van der Waals surface area contributed by atoms with Gasteiger partial charge < -0.3 is 15.4 Å². The fourth-order valence-corrected chi connectivity index (χ4v) is 6.68. The molecule has 1 aromatic carbocycles. The summed E-state index contributed by atoms with van der Waals surface area (Å²) in [5.74, 6) is -0.680. The molecular weight excluding hydrogens is 450 g/mol. The highest BCUT2D eigenvalue weighted by Gasteiger charge is 2.33. The highest BCUT2D eigenvalue weighted by molar-refractivity contribution is 7.91. The Morgan fingerprint density at radius 3 is 2.56 bits per heavy atom. The summed E-state index contributed by atoms with van der Waals surface area (Å²) in [7, 11) is -1.94. The molecule has 32 heavy (non-hydrogen) atoms. The van der Waals surface area contributed by atoms with Gasteiger partial charge in [0.2, 0.25) is 0 Å². The molecule has 1 saturated heterocycles. The number of amides is 2. The first-order chi connectivity index (χ1) is 15.4. The van der Waals surface area contributed by atoms with E-state index in [9.17, 15) is 18.0 Å². The predicted octanol–water partition coefficient (Wildman–Crippen LogP) is 2.17. The zero-order valence-corrected chi connectivity index (χ0v) is 19.7. The quantitative estimate of drug-likeness (QED) is 0.537. The Morgan fingerprint density at radius 2 is 1.84 bits per heavy atom. The monoisotopic (exact) mass is 479 g/mol. The van der Waals surface area contributed by atoms with E-state index in [2.05, 4.69) is 10.6 Å². The summed E-state index contributed by atoms with van der Waals surface area (Å²) in [6, 6.07) is 10.7. The van der Waals surface area contributed by atoms with E-state index in [1.807, 2.05) is 24.3 Å². The topological polar surface area (TPSA) is 105 Å². The Morgan fingerprint density at radius 1 is 1.09 bits per heavy atom. The van der Waals surface area contributed by atoms with Crippen molar-refractivity contribution >= 4 is 33.2 Å². The molecule has 174 valence electrons. The van der Waals surface area contributed by atoms with Crippen LogP contribution in [0.5, 0.6) is 5.75 Å². The Labute approximate surface area is 193 Å². The number of nitrogens with one attached hydrogen (secondary N) is 2. The number of hydrogen-bond donors (Lipinski definition) is 2. The summed E-state index contributed by atoms with van der Waals surface area (Å²) in [5, 5.41) is 6.97. The van der Waals surface area contributed by atoms with E-state index in [-0.39, 0.29) is 12.6 Å². The van der Waals surface area contributed by atoms with Gasteiger partial charge >= 0.3 is 11.8 Å². The van der Waals surface area contributed by atoms with Crippen molar-refractivity contribution in [3.8, 4) is 5.75 Å². The fourth-order valence-electron chi connectivity index (χ4n) is 3.84. The average molecular weight is 480 g/mol. The molecule has 2 heterocycles. The van der Waals surface area contributed by atoms with Gasteiger partial charge in [-0.1, -0.05) is 30.7 Å². The van der Waals surface area contributed by atoms with Gasteiger partial charge in [-0.25, -0.2) is 8.42 Å². The summed E-state index contributed by atoms with van der Waals surface area (Å²) >= 11 is 1.21. The van der Waals surface area contributed by atoms with Crippen molar-refractivity contribution in [3.63, 3.8) is 0 Å². The van der Waals surface area contributed by atoms with Crippen LogP contribution in [0, 0.1) is 0 Å². The zero-order valence-electron chi connectivity index (χ0n) is 18.1. The van der Waals surface area contributed by atoms with Crippen LogP contribution in [-0.2, 0) is 26.0 Å². The van der Waals surface area contributed by atoms with Crippen LogP contribution in [0.2, 0.25) is 0 Å². The van der Waals surface area contributed by atoms with E-state index in [1.54, 1.807) is 28.9 Å². The lowest BCUT2D eigenvalue weighted by atomic mass is 10.0. The second kappa shape index (κ2) is 11.4. The van der Waals surface area contributed by atoms with Gasteiger partial charge in [0.05, 0.1) is 7.11 Å². The number of hydrogen-bond acceptors (Lipinski definition) is 6. The number of benzene rings is 1. The molecule has 0 aliphatic carbocycles. The molecule has 1 aliphatic heterocycles. The number of thiophene rings is 1. The molecule has 2 amide bonds. The number of para-hydroxylation sites is 1. The van der Waals surface area contributed by atoms with E-state index < -0.39 is 21.8 Å². The summed E-state index contributed by atoms with van der Waals surface area (Å²) < 4.78 is 33.0. The Kier molecular flexibility index (Phi) is 8.66. The molecule has 1 atom stereocenters. The van der Waals surface area contributed by atoms with E-state index >= 15 is 0 Å². The summed E-state index contributed by atoms with van der Waals surface area (Å²) in [6.45, 7) is 1.02. The molecule has 0 spiro atoms. The average Bonchev–Trinajstić information content (AvgIpc) is 3.35. The number of ether oxygens (including phenoxy) is 1. The van der Waals surface area contributed by atoms with Gasteiger partial charge in [0.25, 0.3) is 10.0 Å². The third kappa shape index (κ3) is 6.08. The maximum Gasteiger partial charge on any atom is 0.309 e. The molecular formula is C22H29N3O5S2. The molecule has 1 aromatic heterocycles. The maximum atomic E-state index is 12.9. The SMILES string of the molecule is COc1ccccc1CCNC(=O)C(=O)NCC[C@H]1CCCCN1S(=O)(=O)c1cccs1. The van der Waals surface area contributed by atoms with Gasteiger partial charge in [-0.2, -0.15) is 4.31 Å². The number of nitrogens with zero attached hydrogens (tertiary/aromatic N) is 1. The number of carbonyl (C=O) groups is 2. The van der Waals surface area contributed by atoms with Gasteiger partial charge in [-0.3, -0.25) is 9.59 Å². The molecule has 0 bridgehead atoms. The molecule has 2 aromatic rings. The molecule has 10 heteroatoms. The van der Waals surface area contributed by atoms with Crippen molar-refractivity contribution in [1.29, 1.82) is 0 Å². The van der Waals surface area contributed by atoms with E-state index in [4.69, 9.17) is 4.74 Å². The molecule has 3 rings (SSSR count). The summed E-state index contributed by atoms with van der Waals surface area (Å²) in [6.07, 6.45) is 3.51. The van der Waals surface area contributed by atoms with Gasteiger partial charge in [-0.05, 0) is 48.8 Å². The smallest absolute Gasteiger partial charge is 0.309 e. The second-order valence-corrected chi connectivity index (χ2v) is 10.6. The third-order valence-electron chi connectivity index (χ3n) is 5.47. The van der Waals surface area contributed by atoms with Crippen molar-refractivity contribution in [2.24, 2.45) is 0 Å². The standard InChI is InChI=1S/C22H29N3O5S2/c1-30-19-9-3-2-7-17(19)11-13-23-21(26)22(27)24-14-12-18-8-4-5-15-25(18)32(28,29)20-10-6-16-31-20/h2-3,6-7,9-10,16,18H,4-5,8,11-15H2,1H3,(H,23,26)(H,24,27)/t18-/m1/s1. The number of piperidine rings is 1. The minimum atomic E-state index is -3.53. The first-order valence-electron chi connectivity index (χ1n) is 10.7. The number of methoxy groups -OCH3 is 1. The van der Waals surface area contributed by atoms with Crippen LogP contribution in [0.25, 0.3) is 0 Å². The van der Waals surface area contributed by atoms with Gasteiger partial charge in [0.15, 0.2) is 0 Å². The summed E-state index contributed by atoms with van der Waals surface area (Å²) in [5.41, 5.74) is 0.944. The van der Waals surface area contributed by atoms with Crippen molar-refractivity contribution in [2.75, 3.05) is 26.7 Å². The third-order valence-corrected chi connectivity index (χ3v) is 8.80. The van der Waals surface area contributed by atoms with E-state index in [1.165, 1.54) is 11.3 Å². The van der Waals surface area contributed by atoms with Gasteiger partial charge in [-0.15, -0.1) is 11.3 Å². The molecule has 0 saturated carbocycles. The first-order valence-corrected chi connectivity index (χ1v) is 13.0. The lowest BCUT2D eigenvalue weighted by Gasteiger charge is -2.34. The minimum Gasteiger partial charge on any atom is -0.496 e. The van der Waals surface area contributed by atoms with Crippen molar-refractivity contribution in [2.45, 2.75) is 42.4 Å². The highest BCUT2D eigenvalue weighted by atomic mass is 32.2. The lowest BCUT2D eigenvalue weighted by molar-refractivity contribution is -0.139. The largest absolute Gasteiger partial charge is 0.496 e. The lowest BCUT2D eigenvalue weighted by Crippen LogP contribution is -2.46. The van der Waals surface area contributed by atoms with Crippen LogP contribution in [0.4, 0.5) is 0 Å². The molecule has 0 unspecified atom stereocenters. The van der Waals surface area contributed by atoms with Crippen molar-refractivity contribution in [1.82, 2.24) is 14.9 Å². The van der Waals surface area contributed by atoms with E-state index in [0.717, 1.165) is 30.6 Å². The molecule has 1 aliphatic rings. The number of rotatable bonds is 9. The zero-order chi connectivity index (χ0) is 23.0. The van der Waals surface area contributed by atoms with Crippen LogP contribution in [0.1, 0.15) is 31.2 Å². The van der Waals surface area contributed by atoms with E-state index in [0.29, 0.717) is 30.1 Å².